The van der Waals surface area contributed by atoms with Crippen molar-refractivity contribution in [3.63, 3.8) is 0 Å². The highest BCUT2D eigenvalue weighted by molar-refractivity contribution is 7.13. The van der Waals surface area contributed by atoms with E-state index < -0.39 is 0 Å². The SMILES string of the molecule is Cc1ccnc(Nc2cc(Nc3ccc(NC(=O)c4cc(-c5cccs5)on4)cc3)nc(C)n2)c1. The standard InChI is InChI=1S/C25H21N7O2S/c1-15-9-10-26-22(12-15)31-24-14-23(27-16(2)28-24)29-17-5-7-18(8-6-17)30-25(33)19-13-20(34-32-19)21-4-3-11-35-21/h3-14H,1-2H3,(H,30,33)(H2,26,27,28,29,31). The summed E-state index contributed by atoms with van der Waals surface area (Å²) in [6.07, 6.45) is 1.75. The fourth-order valence-corrected chi connectivity index (χ4v) is 4.00. The molecule has 1 amide bonds. The largest absolute Gasteiger partial charge is 0.355 e. The van der Waals surface area contributed by atoms with Crippen molar-refractivity contribution < 1.29 is 9.32 Å². The van der Waals surface area contributed by atoms with Crippen molar-refractivity contribution in [3.8, 4) is 10.6 Å². The monoisotopic (exact) mass is 483 g/mol. The van der Waals surface area contributed by atoms with Gasteiger partial charge in [0.25, 0.3) is 5.91 Å². The first-order valence-corrected chi connectivity index (χ1v) is 11.6. The summed E-state index contributed by atoms with van der Waals surface area (Å²) in [6.45, 7) is 3.83. The first-order chi connectivity index (χ1) is 17.0. The lowest BCUT2D eigenvalue weighted by molar-refractivity contribution is 0.101. The molecule has 0 fully saturated rings. The van der Waals surface area contributed by atoms with Crippen molar-refractivity contribution in [3.05, 3.63) is 89.3 Å². The van der Waals surface area contributed by atoms with Gasteiger partial charge in [-0.1, -0.05) is 11.2 Å². The Labute approximate surface area is 205 Å². The van der Waals surface area contributed by atoms with Crippen LogP contribution in [0.2, 0.25) is 0 Å². The van der Waals surface area contributed by atoms with Crippen LogP contribution >= 0.6 is 11.3 Å². The molecule has 3 N–H and O–H groups in total. The van der Waals surface area contributed by atoms with E-state index in [9.17, 15) is 4.79 Å². The number of hydrogen-bond acceptors (Lipinski definition) is 9. The van der Waals surface area contributed by atoms with E-state index in [0.29, 0.717) is 34.7 Å². The van der Waals surface area contributed by atoms with E-state index in [-0.39, 0.29) is 11.6 Å². The third-order valence-corrected chi connectivity index (χ3v) is 5.82. The minimum absolute atomic E-state index is 0.218. The molecule has 4 heterocycles. The van der Waals surface area contributed by atoms with Gasteiger partial charge in [-0.3, -0.25) is 4.79 Å². The molecule has 4 aromatic heterocycles. The molecule has 0 saturated carbocycles. The van der Waals surface area contributed by atoms with Crippen LogP contribution in [-0.2, 0) is 0 Å². The number of anilines is 5. The Balaban J connectivity index is 1.24. The number of carbonyl (C=O) groups is 1. The molecule has 0 bridgehead atoms. The topological polar surface area (TPSA) is 118 Å². The van der Waals surface area contributed by atoms with Gasteiger partial charge in [0.2, 0.25) is 0 Å². The molecule has 0 aliphatic heterocycles. The molecule has 0 unspecified atom stereocenters. The second kappa shape index (κ2) is 9.74. The Morgan fingerprint density at radius 3 is 2.40 bits per heavy atom. The molecule has 0 radical (unpaired) electrons. The van der Waals surface area contributed by atoms with E-state index in [1.165, 1.54) is 11.3 Å². The van der Waals surface area contributed by atoms with Gasteiger partial charge in [0, 0.05) is 29.7 Å². The first-order valence-electron chi connectivity index (χ1n) is 10.8. The van der Waals surface area contributed by atoms with Crippen LogP contribution in [0.1, 0.15) is 21.9 Å². The van der Waals surface area contributed by atoms with Gasteiger partial charge in [-0.2, -0.15) is 0 Å². The maximum Gasteiger partial charge on any atom is 0.277 e. The minimum Gasteiger partial charge on any atom is -0.355 e. The van der Waals surface area contributed by atoms with E-state index in [1.807, 2.05) is 61.7 Å². The van der Waals surface area contributed by atoms with Gasteiger partial charge in [0.05, 0.1) is 4.88 Å². The van der Waals surface area contributed by atoms with Crippen molar-refractivity contribution in [2.45, 2.75) is 13.8 Å². The van der Waals surface area contributed by atoms with Crippen molar-refractivity contribution in [1.82, 2.24) is 20.1 Å². The molecule has 5 rings (SSSR count). The highest BCUT2D eigenvalue weighted by atomic mass is 32.1. The van der Waals surface area contributed by atoms with Crippen LogP contribution in [0.15, 0.2) is 76.8 Å². The molecule has 5 aromatic rings. The fraction of sp³-hybridized carbons (Fsp3) is 0.0800. The third-order valence-electron chi connectivity index (χ3n) is 4.93. The van der Waals surface area contributed by atoms with Gasteiger partial charge < -0.3 is 20.5 Å². The quantitative estimate of drug-likeness (QED) is 0.260. The number of nitrogens with one attached hydrogen (secondary N) is 3. The summed E-state index contributed by atoms with van der Waals surface area (Å²) in [7, 11) is 0. The molecule has 35 heavy (non-hydrogen) atoms. The Hall–Kier alpha value is -4.57. The Bertz CT molecular complexity index is 1460. The van der Waals surface area contributed by atoms with E-state index in [0.717, 1.165) is 16.1 Å². The molecule has 0 aliphatic carbocycles. The number of rotatable bonds is 7. The maximum atomic E-state index is 12.5. The maximum absolute atomic E-state index is 12.5. The van der Waals surface area contributed by atoms with Crippen LogP contribution in [0.4, 0.5) is 28.8 Å². The van der Waals surface area contributed by atoms with Crippen LogP contribution in [0.5, 0.6) is 0 Å². The number of aryl methyl sites for hydroxylation is 2. The number of carbonyl (C=O) groups excluding carboxylic acids is 1. The second-order valence-electron chi connectivity index (χ2n) is 7.74. The molecule has 10 heteroatoms. The van der Waals surface area contributed by atoms with Crippen LogP contribution in [0.3, 0.4) is 0 Å². The van der Waals surface area contributed by atoms with E-state index in [1.54, 1.807) is 24.4 Å². The number of thiophene rings is 1. The zero-order valence-corrected chi connectivity index (χ0v) is 19.8. The molecule has 0 saturated heterocycles. The Kier molecular flexibility index (Phi) is 6.18. The molecule has 0 spiro atoms. The average molecular weight is 484 g/mol. The van der Waals surface area contributed by atoms with Gasteiger partial charge in [-0.15, -0.1) is 11.3 Å². The number of nitrogens with zero attached hydrogens (tertiary/aromatic N) is 4. The smallest absolute Gasteiger partial charge is 0.277 e. The van der Waals surface area contributed by atoms with Crippen LogP contribution < -0.4 is 16.0 Å². The molecule has 0 aliphatic rings. The van der Waals surface area contributed by atoms with Crippen molar-refractivity contribution in [2.24, 2.45) is 0 Å². The van der Waals surface area contributed by atoms with Crippen LogP contribution in [0.25, 0.3) is 10.6 Å². The molecule has 9 nitrogen and oxygen atoms in total. The van der Waals surface area contributed by atoms with Crippen molar-refractivity contribution in [2.75, 3.05) is 16.0 Å². The normalized spacial score (nSPS) is 10.7. The number of aromatic nitrogens is 4. The average Bonchev–Trinajstić information content (AvgIpc) is 3.52. The Morgan fingerprint density at radius 1 is 0.886 bits per heavy atom. The lowest BCUT2D eigenvalue weighted by Crippen LogP contribution is -2.12. The van der Waals surface area contributed by atoms with Crippen molar-refractivity contribution >= 4 is 46.1 Å². The highest BCUT2D eigenvalue weighted by Gasteiger charge is 2.14. The van der Waals surface area contributed by atoms with Gasteiger partial charge >= 0.3 is 0 Å². The van der Waals surface area contributed by atoms with Gasteiger partial charge in [0.15, 0.2) is 11.5 Å². The number of pyridine rings is 1. The van der Waals surface area contributed by atoms with E-state index in [4.69, 9.17) is 4.52 Å². The number of benzene rings is 1. The molecule has 1 aromatic carbocycles. The van der Waals surface area contributed by atoms with E-state index in [2.05, 4.69) is 36.1 Å². The number of amides is 1. The van der Waals surface area contributed by atoms with Crippen LogP contribution in [0, 0.1) is 13.8 Å². The summed E-state index contributed by atoms with van der Waals surface area (Å²) in [5.41, 5.74) is 2.76. The highest BCUT2D eigenvalue weighted by Crippen LogP contribution is 2.26. The predicted molar refractivity (Wildman–Crippen MR) is 137 cm³/mol. The molecule has 0 atom stereocenters. The van der Waals surface area contributed by atoms with Gasteiger partial charge in [-0.25, -0.2) is 15.0 Å². The first kappa shape index (κ1) is 22.2. The molecular weight excluding hydrogens is 462 g/mol. The van der Waals surface area contributed by atoms with Gasteiger partial charge in [-0.05, 0) is 67.3 Å². The predicted octanol–water partition coefficient (Wildman–Crippen LogP) is 5.94. The fourth-order valence-electron chi connectivity index (χ4n) is 3.33. The van der Waals surface area contributed by atoms with Gasteiger partial charge in [0.1, 0.15) is 23.3 Å². The summed E-state index contributed by atoms with van der Waals surface area (Å²) in [5.74, 6) is 2.82. The lowest BCUT2D eigenvalue weighted by Gasteiger charge is -2.11. The summed E-state index contributed by atoms with van der Waals surface area (Å²) in [6, 6.07) is 18.4. The summed E-state index contributed by atoms with van der Waals surface area (Å²) < 4.78 is 5.28. The summed E-state index contributed by atoms with van der Waals surface area (Å²) in [5, 5.41) is 15.1. The summed E-state index contributed by atoms with van der Waals surface area (Å²) >= 11 is 1.52. The third kappa shape index (κ3) is 5.50. The lowest BCUT2D eigenvalue weighted by atomic mass is 10.2. The molecular formula is C25H21N7O2S. The Morgan fingerprint density at radius 2 is 1.66 bits per heavy atom. The minimum atomic E-state index is -0.343. The van der Waals surface area contributed by atoms with E-state index >= 15 is 0 Å². The molecule has 174 valence electrons. The van der Waals surface area contributed by atoms with Crippen molar-refractivity contribution in [1.29, 1.82) is 0 Å². The van der Waals surface area contributed by atoms with Crippen LogP contribution in [-0.4, -0.2) is 26.0 Å². The zero-order chi connectivity index (χ0) is 24.2. The summed E-state index contributed by atoms with van der Waals surface area (Å²) in [4.78, 5) is 26.7. The zero-order valence-electron chi connectivity index (χ0n) is 18.9. The second-order valence-corrected chi connectivity index (χ2v) is 8.69. The number of hydrogen-bond donors (Lipinski definition) is 3.